The Morgan fingerprint density at radius 1 is 1.19 bits per heavy atom. The monoisotopic (exact) mass is 332 g/mol. The van der Waals surface area contributed by atoms with Crippen LogP contribution in [0.5, 0.6) is 0 Å². The molecular weight excluding hydrogens is 300 g/mol. The quantitative estimate of drug-likeness (QED) is 0.600. The number of hydrogen-bond donors (Lipinski definition) is 1. The maximum Gasteiger partial charge on any atom is 0.220 e. The van der Waals surface area contributed by atoms with Gasteiger partial charge in [0.1, 0.15) is 12.2 Å². The van der Waals surface area contributed by atoms with E-state index >= 15 is 0 Å². The van der Waals surface area contributed by atoms with Crippen LogP contribution in [-0.2, 0) is 9.22 Å². The first-order valence-corrected chi connectivity index (χ1v) is 11.0. The third-order valence-electron chi connectivity index (χ3n) is 3.66. The van der Waals surface area contributed by atoms with Crippen LogP contribution in [0.2, 0.25) is 18.1 Å². The Hall–Kier alpha value is -0.103. The van der Waals surface area contributed by atoms with Crippen molar-refractivity contribution in [3.05, 3.63) is 12.2 Å². The van der Waals surface area contributed by atoms with Gasteiger partial charge in [0.15, 0.2) is 8.32 Å². The Kier molecular flexibility index (Phi) is 6.95. The van der Waals surface area contributed by atoms with Crippen LogP contribution in [0.25, 0.3) is 0 Å². The van der Waals surface area contributed by atoms with E-state index in [0.717, 1.165) is 0 Å². The van der Waals surface area contributed by atoms with Crippen LogP contribution in [0.4, 0.5) is 0 Å². The molecule has 0 rings (SSSR count). The maximum absolute atomic E-state index is 12.6. The van der Waals surface area contributed by atoms with Gasteiger partial charge in [0.25, 0.3) is 0 Å². The Labute approximate surface area is 135 Å². The second kappa shape index (κ2) is 6.98. The number of aliphatic hydroxyl groups is 1. The SMILES string of the molecule is C=C(C)[C@H](O)[C@H](O[Si](C)(C)C(C)(C)C)C(=O)SC(C)(C)C. The van der Waals surface area contributed by atoms with E-state index in [1.807, 2.05) is 20.8 Å². The number of carbonyl (C=O) groups is 1. The summed E-state index contributed by atoms with van der Waals surface area (Å²) in [6, 6.07) is 0. The van der Waals surface area contributed by atoms with Crippen molar-refractivity contribution in [2.75, 3.05) is 0 Å². The molecule has 2 atom stereocenters. The Balaban J connectivity index is 5.36. The molecule has 1 N–H and O–H groups in total. The fourth-order valence-electron chi connectivity index (χ4n) is 1.35. The lowest BCUT2D eigenvalue weighted by atomic mass is 10.1. The van der Waals surface area contributed by atoms with Gasteiger partial charge in [-0.25, -0.2) is 0 Å². The molecule has 0 aromatic carbocycles. The standard InChI is InChI=1S/C16H32O3SSi/c1-11(2)12(17)13(14(18)20-15(3,4)5)19-21(9,10)16(6,7)8/h12-13,17H,1H2,2-10H3/t12-,13-/m0/s1. The van der Waals surface area contributed by atoms with Crippen LogP contribution < -0.4 is 0 Å². The van der Waals surface area contributed by atoms with Gasteiger partial charge < -0.3 is 9.53 Å². The van der Waals surface area contributed by atoms with Crippen molar-refractivity contribution in [1.29, 1.82) is 0 Å². The van der Waals surface area contributed by atoms with Gasteiger partial charge in [-0.1, -0.05) is 59.9 Å². The van der Waals surface area contributed by atoms with Crippen LogP contribution in [0.15, 0.2) is 12.2 Å². The van der Waals surface area contributed by atoms with Crippen molar-refractivity contribution in [1.82, 2.24) is 0 Å². The van der Waals surface area contributed by atoms with Crippen molar-refractivity contribution in [2.24, 2.45) is 0 Å². The van der Waals surface area contributed by atoms with Crippen LogP contribution in [-0.4, -0.2) is 35.5 Å². The zero-order chi connectivity index (χ0) is 17.2. The number of hydrogen-bond acceptors (Lipinski definition) is 4. The van der Waals surface area contributed by atoms with E-state index in [-0.39, 0.29) is 14.9 Å². The summed E-state index contributed by atoms with van der Waals surface area (Å²) >= 11 is 1.22. The summed E-state index contributed by atoms with van der Waals surface area (Å²) in [7, 11) is -2.15. The van der Waals surface area contributed by atoms with E-state index in [1.54, 1.807) is 6.92 Å². The molecule has 0 fully saturated rings. The summed E-state index contributed by atoms with van der Waals surface area (Å²) < 4.78 is 5.98. The highest BCUT2D eigenvalue weighted by atomic mass is 32.2. The molecule has 0 amide bonds. The average Bonchev–Trinajstić information content (AvgIpc) is 2.20. The summed E-state index contributed by atoms with van der Waals surface area (Å²) in [5, 5.41) is 10.2. The normalized spacial score (nSPS) is 16.5. The van der Waals surface area contributed by atoms with E-state index in [0.29, 0.717) is 5.57 Å². The Bertz CT molecular complexity index is 391. The molecule has 0 aliphatic rings. The predicted octanol–water partition coefficient (Wildman–Crippen LogP) is 4.37. The van der Waals surface area contributed by atoms with Gasteiger partial charge >= 0.3 is 0 Å². The van der Waals surface area contributed by atoms with Gasteiger partial charge in [-0.05, 0) is 30.6 Å². The van der Waals surface area contributed by atoms with Crippen molar-refractivity contribution in [2.45, 2.75) is 83.6 Å². The molecule has 0 spiro atoms. The largest absolute Gasteiger partial charge is 0.403 e. The molecule has 0 aromatic rings. The van der Waals surface area contributed by atoms with Gasteiger partial charge in [0.05, 0.1) is 0 Å². The van der Waals surface area contributed by atoms with Crippen LogP contribution >= 0.6 is 11.8 Å². The first kappa shape index (κ1) is 20.9. The first-order valence-electron chi connectivity index (χ1n) is 7.32. The predicted molar refractivity (Wildman–Crippen MR) is 95.2 cm³/mol. The number of carbonyl (C=O) groups excluding carboxylic acids is 1. The van der Waals surface area contributed by atoms with Gasteiger partial charge in [0, 0.05) is 4.75 Å². The van der Waals surface area contributed by atoms with E-state index < -0.39 is 20.5 Å². The molecule has 0 heterocycles. The lowest BCUT2D eigenvalue weighted by Crippen LogP contribution is -2.50. The third kappa shape index (κ3) is 6.68. The summed E-state index contributed by atoms with van der Waals surface area (Å²) in [6.07, 6.45) is -1.80. The highest BCUT2D eigenvalue weighted by molar-refractivity contribution is 8.14. The Morgan fingerprint density at radius 2 is 1.62 bits per heavy atom. The number of aliphatic hydroxyl groups excluding tert-OH is 1. The molecule has 5 heteroatoms. The fraction of sp³-hybridized carbons (Fsp3) is 0.812. The summed E-state index contributed by atoms with van der Waals surface area (Å²) in [4.78, 5) is 12.6. The Morgan fingerprint density at radius 3 is 1.90 bits per heavy atom. The molecule has 0 aliphatic heterocycles. The second-order valence-corrected chi connectivity index (χ2v) is 14.7. The highest BCUT2D eigenvalue weighted by Crippen LogP contribution is 2.39. The molecule has 0 aliphatic carbocycles. The lowest BCUT2D eigenvalue weighted by molar-refractivity contribution is -0.121. The molecule has 0 aromatic heterocycles. The first-order chi connectivity index (χ1) is 9.08. The summed E-state index contributed by atoms with van der Waals surface area (Å²) in [5.41, 5.74) is 0.557. The minimum absolute atomic E-state index is 0.0211. The summed E-state index contributed by atoms with van der Waals surface area (Å²) in [6.45, 7) is 21.9. The molecular formula is C16H32O3SSi. The van der Waals surface area contributed by atoms with Crippen molar-refractivity contribution < 1.29 is 14.3 Å². The molecule has 0 unspecified atom stereocenters. The lowest BCUT2D eigenvalue weighted by Gasteiger charge is -2.40. The van der Waals surface area contributed by atoms with Gasteiger partial charge in [-0.15, -0.1) is 0 Å². The smallest absolute Gasteiger partial charge is 0.220 e. The minimum Gasteiger partial charge on any atom is -0.403 e. The van der Waals surface area contributed by atoms with Gasteiger partial charge in [0.2, 0.25) is 5.12 Å². The summed E-state index contributed by atoms with van der Waals surface area (Å²) in [5.74, 6) is 0. The molecule has 0 saturated carbocycles. The van der Waals surface area contributed by atoms with Crippen LogP contribution in [0.3, 0.4) is 0 Å². The second-order valence-electron chi connectivity index (χ2n) is 8.12. The minimum atomic E-state index is -2.15. The van der Waals surface area contributed by atoms with Crippen LogP contribution in [0, 0.1) is 0 Å². The zero-order valence-corrected chi connectivity index (χ0v) is 16.9. The molecule has 124 valence electrons. The number of rotatable bonds is 5. The van der Waals surface area contributed by atoms with E-state index in [1.165, 1.54) is 11.8 Å². The number of thioether (sulfide) groups is 1. The van der Waals surface area contributed by atoms with Crippen molar-refractivity contribution in [3.63, 3.8) is 0 Å². The van der Waals surface area contributed by atoms with E-state index in [2.05, 4.69) is 40.4 Å². The average molecular weight is 333 g/mol. The molecule has 3 nitrogen and oxygen atoms in total. The third-order valence-corrected chi connectivity index (χ3v) is 9.16. The maximum atomic E-state index is 12.6. The molecule has 0 bridgehead atoms. The molecule has 0 radical (unpaired) electrons. The van der Waals surface area contributed by atoms with E-state index in [4.69, 9.17) is 4.43 Å². The molecule has 0 saturated heterocycles. The highest BCUT2D eigenvalue weighted by Gasteiger charge is 2.43. The zero-order valence-electron chi connectivity index (χ0n) is 15.0. The van der Waals surface area contributed by atoms with Crippen molar-refractivity contribution in [3.8, 4) is 0 Å². The van der Waals surface area contributed by atoms with Gasteiger partial charge in [-0.2, -0.15) is 0 Å². The fourth-order valence-corrected chi connectivity index (χ4v) is 3.56. The van der Waals surface area contributed by atoms with Crippen molar-refractivity contribution >= 4 is 25.2 Å². The van der Waals surface area contributed by atoms with Gasteiger partial charge in [-0.3, -0.25) is 4.79 Å². The van der Waals surface area contributed by atoms with Crippen LogP contribution in [0.1, 0.15) is 48.5 Å². The van der Waals surface area contributed by atoms with E-state index in [9.17, 15) is 9.90 Å². The topological polar surface area (TPSA) is 46.5 Å². The molecule has 21 heavy (non-hydrogen) atoms.